The first-order valence-electron chi connectivity index (χ1n) is 6.12. The zero-order valence-electron chi connectivity index (χ0n) is 11.0. The van der Waals surface area contributed by atoms with Crippen molar-refractivity contribution in [3.05, 3.63) is 65.2 Å². The molecule has 0 saturated heterocycles. The molecule has 0 aromatic heterocycles. The van der Waals surface area contributed by atoms with Crippen LogP contribution in [0.3, 0.4) is 0 Å². The van der Waals surface area contributed by atoms with Crippen LogP contribution in [0, 0.1) is 0 Å². The quantitative estimate of drug-likeness (QED) is 0.346. The number of carboxylic acid groups (broad SMARTS) is 1. The van der Waals surface area contributed by atoms with E-state index in [1.54, 1.807) is 6.08 Å². The lowest BCUT2D eigenvalue weighted by atomic mass is 10.0. The van der Waals surface area contributed by atoms with Crippen molar-refractivity contribution in [2.75, 3.05) is 5.73 Å². The van der Waals surface area contributed by atoms with Crippen molar-refractivity contribution in [3.8, 4) is 5.75 Å². The van der Waals surface area contributed by atoms with E-state index in [-0.39, 0.29) is 22.6 Å². The first kappa shape index (κ1) is 14.3. The molecule has 0 unspecified atom stereocenters. The average Bonchev–Trinajstić information content (AvgIpc) is 2.47. The summed E-state index contributed by atoms with van der Waals surface area (Å²) in [5.41, 5.74) is 5.99. The molecule has 21 heavy (non-hydrogen) atoms. The van der Waals surface area contributed by atoms with Crippen molar-refractivity contribution < 1.29 is 19.8 Å². The Balaban J connectivity index is 2.36. The summed E-state index contributed by atoms with van der Waals surface area (Å²) in [6, 6.07) is 11.3. The molecular weight excluding hydrogens is 270 g/mol. The van der Waals surface area contributed by atoms with Crippen molar-refractivity contribution >= 4 is 23.5 Å². The van der Waals surface area contributed by atoms with Crippen LogP contribution in [-0.4, -0.2) is 22.0 Å². The Morgan fingerprint density at radius 1 is 1.05 bits per heavy atom. The number of hydrogen-bond acceptors (Lipinski definition) is 4. The van der Waals surface area contributed by atoms with Crippen molar-refractivity contribution in [1.29, 1.82) is 0 Å². The van der Waals surface area contributed by atoms with Crippen molar-refractivity contribution in [2.24, 2.45) is 0 Å². The molecule has 2 aromatic carbocycles. The smallest absolute Gasteiger partial charge is 0.337 e. The van der Waals surface area contributed by atoms with Crippen LogP contribution in [0.1, 0.15) is 26.3 Å². The van der Waals surface area contributed by atoms with Gasteiger partial charge in [-0.2, -0.15) is 0 Å². The Labute approximate surface area is 121 Å². The van der Waals surface area contributed by atoms with Gasteiger partial charge >= 0.3 is 5.97 Å². The Hall–Kier alpha value is -3.08. The summed E-state index contributed by atoms with van der Waals surface area (Å²) in [5.74, 6) is -2.10. The van der Waals surface area contributed by atoms with E-state index in [0.717, 1.165) is 17.7 Å². The van der Waals surface area contributed by atoms with Gasteiger partial charge < -0.3 is 15.9 Å². The Morgan fingerprint density at radius 3 is 2.29 bits per heavy atom. The summed E-state index contributed by atoms with van der Waals surface area (Å²) in [6.07, 6.45) is 2.87. The number of carbonyl (C=O) groups is 2. The van der Waals surface area contributed by atoms with Gasteiger partial charge in [-0.25, -0.2) is 4.79 Å². The SMILES string of the molecule is Nc1c(C(=O)O)cc(O)cc1C(=O)C=Cc1ccccc1. The predicted molar refractivity (Wildman–Crippen MR) is 79.3 cm³/mol. The molecule has 0 saturated carbocycles. The van der Waals surface area contributed by atoms with E-state index >= 15 is 0 Å². The number of benzene rings is 2. The third kappa shape index (κ3) is 3.27. The number of carboxylic acids is 1. The first-order valence-corrected chi connectivity index (χ1v) is 6.12. The third-order valence-electron chi connectivity index (χ3n) is 2.89. The number of aromatic carboxylic acids is 1. The molecule has 0 atom stereocenters. The fourth-order valence-corrected chi connectivity index (χ4v) is 1.84. The zero-order valence-corrected chi connectivity index (χ0v) is 11.0. The minimum Gasteiger partial charge on any atom is -0.508 e. The number of ketones is 1. The maximum Gasteiger partial charge on any atom is 0.337 e. The highest BCUT2D eigenvalue weighted by atomic mass is 16.4. The second-order valence-electron chi connectivity index (χ2n) is 4.37. The number of hydrogen-bond donors (Lipinski definition) is 3. The minimum atomic E-state index is -1.30. The van der Waals surface area contributed by atoms with Crippen LogP contribution in [0.25, 0.3) is 6.08 Å². The van der Waals surface area contributed by atoms with Gasteiger partial charge in [0.15, 0.2) is 5.78 Å². The molecule has 0 fully saturated rings. The summed E-state index contributed by atoms with van der Waals surface area (Å²) < 4.78 is 0. The molecule has 0 bridgehead atoms. The molecule has 4 N–H and O–H groups in total. The van der Waals surface area contributed by atoms with Gasteiger partial charge in [-0.3, -0.25) is 4.79 Å². The van der Waals surface area contributed by atoms with Gasteiger partial charge in [0.2, 0.25) is 0 Å². The highest BCUT2D eigenvalue weighted by Crippen LogP contribution is 2.25. The summed E-state index contributed by atoms with van der Waals surface area (Å²) in [4.78, 5) is 23.1. The molecule has 2 rings (SSSR count). The topological polar surface area (TPSA) is 101 Å². The van der Waals surface area contributed by atoms with Crippen molar-refractivity contribution in [1.82, 2.24) is 0 Å². The Kier molecular flexibility index (Phi) is 4.04. The highest BCUT2D eigenvalue weighted by molar-refractivity contribution is 6.13. The van der Waals surface area contributed by atoms with Crippen LogP contribution in [0.15, 0.2) is 48.5 Å². The van der Waals surface area contributed by atoms with Crippen LogP contribution in [0.4, 0.5) is 5.69 Å². The number of phenolic OH excluding ortho intramolecular Hbond substituents is 1. The van der Waals surface area contributed by atoms with Gasteiger partial charge in [0.1, 0.15) is 5.75 Å². The molecule has 106 valence electrons. The second-order valence-corrected chi connectivity index (χ2v) is 4.37. The van der Waals surface area contributed by atoms with Crippen LogP contribution in [0.2, 0.25) is 0 Å². The van der Waals surface area contributed by atoms with E-state index in [2.05, 4.69) is 0 Å². The van der Waals surface area contributed by atoms with E-state index in [1.165, 1.54) is 6.08 Å². The summed E-state index contributed by atoms with van der Waals surface area (Å²) in [7, 11) is 0. The molecule has 0 heterocycles. The summed E-state index contributed by atoms with van der Waals surface area (Å²) in [6.45, 7) is 0. The van der Waals surface area contributed by atoms with E-state index in [0.29, 0.717) is 0 Å². The number of aromatic hydroxyl groups is 1. The van der Waals surface area contributed by atoms with Gasteiger partial charge in [0.05, 0.1) is 11.3 Å². The zero-order chi connectivity index (χ0) is 15.4. The number of nitrogen functional groups attached to an aromatic ring is 1. The molecule has 0 aliphatic heterocycles. The standard InChI is InChI=1S/C16H13NO4/c17-15-12(8-11(18)9-13(15)16(20)21)14(19)7-6-10-4-2-1-3-5-10/h1-9,18H,17H2,(H,20,21). The molecule has 0 aliphatic carbocycles. The second kappa shape index (κ2) is 5.92. The molecule has 0 amide bonds. The van der Waals surface area contributed by atoms with Crippen LogP contribution < -0.4 is 5.73 Å². The van der Waals surface area contributed by atoms with E-state index in [9.17, 15) is 14.7 Å². The van der Waals surface area contributed by atoms with Gasteiger partial charge in [-0.1, -0.05) is 36.4 Å². The maximum atomic E-state index is 12.1. The largest absolute Gasteiger partial charge is 0.508 e. The summed E-state index contributed by atoms with van der Waals surface area (Å²) in [5, 5.41) is 18.5. The van der Waals surface area contributed by atoms with Gasteiger partial charge in [0.25, 0.3) is 0 Å². The molecule has 0 radical (unpaired) electrons. The number of rotatable bonds is 4. The van der Waals surface area contributed by atoms with Gasteiger partial charge in [-0.15, -0.1) is 0 Å². The Bertz CT molecular complexity index is 721. The van der Waals surface area contributed by atoms with Gasteiger partial charge in [0, 0.05) is 5.56 Å². The predicted octanol–water partition coefficient (Wildman–Crippen LogP) is 2.57. The number of allylic oxidation sites excluding steroid dienone is 1. The number of phenols is 1. The van der Waals surface area contributed by atoms with E-state index in [4.69, 9.17) is 10.8 Å². The third-order valence-corrected chi connectivity index (χ3v) is 2.89. The Morgan fingerprint density at radius 2 is 1.67 bits per heavy atom. The number of nitrogens with two attached hydrogens (primary N) is 1. The highest BCUT2D eigenvalue weighted by Gasteiger charge is 2.17. The minimum absolute atomic E-state index is 0.0421. The first-order chi connectivity index (χ1) is 9.99. The number of anilines is 1. The molecule has 0 aliphatic rings. The maximum absolute atomic E-state index is 12.1. The molecule has 2 aromatic rings. The molecular formula is C16H13NO4. The monoisotopic (exact) mass is 283 g/mol. The normalized spacial score (nSPS) is 10.7. The fourth-order valence-electron chi connectivity index (χ4n) is 1.84. The lowest BCUT2D eigenvalue weighted by molar-refractivity contribution is 0.0697. The molecule has 5 nitrogen and oxygen atoms in total. The van der Waals surface area contributed by atoms with Crippen LogP contribution in [-0.2, 0) is 0 Å². The number of carbonyl (C=O) groups excluding carboxylic acids is 1. The fraction of sp³-hybridized carbons (Fsp3) is 0. The van der Waals surface area contributed by atoms with E-state index < -0.39 is 11.8 Å². The van der Waals surface area contributed by atoms with Gasteiger partial charge in [-0.05, 0) is 23.8 Å². The lowest BCUT2D eigenvalue weighted by Crippen LogP contribution is -2.08. The van der Waals surface area contributed by atoms with Crippen LogP contribution in [0.5, 0.6) is 5.75 Å². The molecule has 5 heteroatoms. The molecule has 0 spiro atoms. The van der Waals surface area contributed by atoms with Crippen molar-refractivity contribution in [2.45, 2.75) is 0 Å². The lowest BCUT2D eigenvalue weighted by Gasteiger charge is -2.07. The van der Waals surface area contributed by atoms with Crippen LogP contribution >= 0.6 is 0 Å². The van der Waals surface area contributed by atoms with Crippen molar-refractivity contribution in [3.63, 3.8) is 0 Å². The van der Waals surface area contributed by atoms with E-state index in [1.807, 2.05) is 30.3 Å². The summed E-state index contributed by atoms with van der Waals surface area (Å²) >= 11 is 0. The average molecular weight is 283 g/mol.